The van der Waals surface area contributed by atoms with Crippen LogP contribution in [0.5, 0.6) is 5.75 Å². The normalized spacial score (nSPS) is 15.7. The summed E-state index contributed by atoms with van der Waals surface area (Å²) < 4.78 is 6.07. The van der Waals surface area contributed by atoms with Crippen molar-refractivity contribution in [2.24, 2.45) is 0 Å². The summed E-state index contributed by atoms with van der Waals surface area (Å²) in [5, 5.41) is 11.2. The summed E-state index contributed by atoms with van der Waals surface area (Å²) >= 11 is 0. The maximum Gasteiger partial charge on any atom is 0.335 e. The van der Waals surface area contributed by atoms with Gasteiger partial charge in [-0.05, 0) is 55.7 Å². The van der Waals surface area contributed by atoms with Gasteiger partial charge in [0, 0.05) is 5.39 Å². The van der Waals surface area contributed by atoms with E-state index in [4.69, 9.17) is 4.74 Å². The molecule has 20 heavy (non-hydrogen) atoms. The molecule has 0 saturated heterocycles. The van der Waals surface area contributed by atoms with Crippen molar-refractivity contribution < 1.29 is 14.6 Å². The molecule has 1 aliphatic carbocycles. The van der Waals surface area contributed by atoms with Crippen LogP contribution in [0.4, 0.5) is 0 Å². The van der Waals surface area contributed by atoms with Crippen molar-refractivity contribution in [1.29, 1.82) is 0 Å². The van der Waals surface area contributed by atoms with E-state index >= 15 is 0 Å². The van der Waals surface area contributed by atoms with Crippen LogP contribution in [0, 0.1) is 6.92 Å². The summed E-state index contributed by atoms with van der Waals surface area (Å²) in [7, 11) is 0. The molecule has 1 saturated carbocycles. The van der Waals surface area contributed by atoms with Crippen LogP contribution in [0.15, 0.2) is 30.3 Å². The molecule has 0 spiro atoms. The highest BCUT2D eigenvalue weighted by molar-refractivity contribution is 5.98. The van der Waals surface area contributed by atoms with Gasteiger partial charge in [0.25, 0.3) is 0 Å². The van der Waals surface area contributed by atoms with Crippen LogP contribution in [-0.2, 0) is 0 Å². The van der Waals surface area contributed by atoms with E-state index in [2.05, 4.69) is 0 Å². The van der Waals surface area contributed by atoms with Crippen molar-refractivity contribution in [3.05, 3.63) is 41.5 Å². The van der Waals surface area contributed by atoms with Gasteiger partial charge >= 0.3 is 5.97 Å². The molecule has 0 aliphatic heterocycles. The zero-order chi connectivity index (χ0) is 14.1. The number of benzene rings is 2. The third-order valence-electron chi connectivity index (χ3n) is 4.02. The van der Waals surface area contributed by atoms with Gasteiger partial charge in [0.15, 0.2) is 0 Å². The van der Waals surface area contributed by atoms with Crippen molar-refractivity contribution in [3.8, 4) is 5.75 Å². The van der Waals surface area contributed by atoms with Gasteiger partial charge in [-0.3, -0.25) is 0 Å². The highest BCUT2D eigenvalue weighted by atomic mass is 16.5. The van der Waals surface area contributed by atoms with E-state index in [1.807, 2.05) is 25.1 Å². The van der Waals surface area contributed by atoms with Gasteiger partial charge in [0.1, 0.15) is 5.75 Å². The molecule has 1 N–H and O–H groups in total. The lowest BCUT2D eigenvalue weighted by Gasteiger charge is -2.16. The number of fused-ring (bicyclic) bond motifs is 1. The first kappa shape index (κ1) is 13.0. The first-order valence-electron chi connectivity index (χ1n) is 7.08. The average molecular weight is 270 g/mol. The number of ether oxygens (including phenoxy) is 1. The number of aromatic carboxylic acids is 1. The first-order valence-corrected chi connectivity index (χ1v) is 7.08. The third kappa shape index (κ3) is 2.36. The van der Waals surface area contributed by atoms with Gasteiger partial charge in [-0.2, -0.15) is 0 Å². The second-order valence-corrected chi connectivity index (χ2v) is 5.47. The fraction of sp³-hybridized carbons (Fsp3) is 0.353. The molecule has 0 aromatic heterocycles. The molecule has 3 nitrogen and oxygen atoms in total. The van der Waals surface area contributed by atoms with E-state index < -0.39 is 5.97 Å². The fourth-order valence-electron chi connectivity index (χ4n) is 2.91. The molecule has 2 aromatic rings. The Morgan fingerprint density at radius 3 is 2.65 bits per heavy atom. The van der Waals surface area contributed by atoms with E-state index in [1.54, 1.807) is 12.1 Å². The van der Waals surface area contributed by atoms with Crippen molar-refractivity contribution in [3.63, 3.8) is 0 Å². The van der Waals surface area contributed by atoms with E-state index in [0.717, 1.165) is 29.2 Å². The van der Waals surface area contributed by atoms with Crippen LogP contribution in [0.2, 0.25) is 0 Å². The highest BCUT2D eigenvalue weighted by Gasteiger charge is 2.19. The number of rotatable bonds is 3. The minimum absolute atomic E-state index is 0.225. The van der Waals surface area contributed by atoms with Gasteiger partial charge in [-0.25, -0.2) is 4.79 Å². The second-order valence-electron chi connectivity index (χ2n) is 5.47. The molecule has 104 valence electrons. The molecule has 0 bridgehead atoms. The number of carboxylic acid groups (broad SMARTS) is 1. The molecule has 0 unspecified atom stereocenters. The minimum Gasteiger partial charge on any atom is -0.490 e. The molecule has 3 rings (SSSR count). The topological polar surface area (TPSA) is 46.5 Å². The lowest BCUT2D eigenvalue weighted by molar-refractivity contribution is 0.0696. The number of aryl methyl sites for hydroxylation is 1. The minimum atomic E-state index is -0.911. The predicted octanol–water partition coefficient (Wildman–Crippen LogP) is 4.17. The number of carboxylic acids is 1. The quantitative estimate of drug-likeness (QED) is 0.910. The fourth-order valence-corrected chi connectivity index (χ4v) is 2.91. The lowest BCUT2D eigenvalue weighted by atomic mass is 10.0. The first-order chi connectivity index (χ1) is 9.65. The van der Waals surface area contributed by atoms with Crippen LogP contribution in [-0.4, -0.2) is 17.2 Å². The summed E-state index contributed by atoms with van der Waals surface area (Å²) in [5.41, 5.74) is 1.36. The Hall–Kier alpha value is -2.03. The summed E-state index contributed by atoms with van der Waals surface area (Å²) in [4.78, 5) is 11.3. The summed E-state index contributed by atoms with van der Waals surface area (Å²) in [5.74, 6) is -0.207. The molecule has 1 aliphatic rings. The van der Waals surface area contributed by atoms with Gasteiger partial charge in [-0.1, -0.05) is 18.2 Å². The summed E-state index contributed by atoms with van der Waals surface area (Å²) in [6.07, 6.45) is 4.73. The number of carbonyl (C=O) groups is 1. The Morgan fingerprint density at radius 1 is 1.20 bits per heavy atom. The molecule has 0 atom stereocenters. The van der Waals surface area contributed by atoms with Crippen molar-refractivity contribution in [1.82, 2.24) is 0 Å². The predicted molar refractivity (Wildman–Crippen MR) is 78.5 cm³/mol. The zero-order valence-electron chi connectivity index (χ0n) is 11.6. The van der Waals surface area contributed by atoms with Gasteiger partial charge in [0.05, 0.1) is 11.7 Å². The van der Waals surface area contributed by atoms with Crippen LogP contribution < -0.4 is 4.74 Å². The van der Waals surface area contributed by atoms with Gasteiger partial charge in [-0.15, -0.1) is 0 Å². The second kappa shape index (κ2) is 5.16. The Labute approximate surface area is 118 Å². The largest absolute Gasteiger partial charge is 0.490 e. The maximum absolute atomic E-state index is 11.3. The monoisotopic (exact) mass is 270 g/mol. The van der Waals surface area contributed by atoms with E-state index in [-0.39, 0.29) is 6.10 Å². The summed E-state index contributed by atoms with van der Waals surface area (Å²) in [6, 6.07) is 9.36. The van der Waals surface area contributed by atoms with Crippen molar-refractivity contribution in [2.75, 3.05) is 0 Å². The van der Waals surface area contributed by atoms with E-state index in [1.165, 1.54) is 12.8 Å². The average Bonchev–Trinajstić information content (AvgIpc) is 2.92. The van der Waals surface area contributed by atoms with Gasteiger partial charge in [0.2, 0.25) is 0 Å². The van der Waals surface area contributed by atoms with Crippen LogP contribution in [0.3, 0.4) is 0 Å². The Morgan fingerprint density at radius 2 is 1.95 bits per heavy atom. The number of hydrogen-bond acceptors (Lipinski definition) is 2. The van der Waals surface area contributed by atoms with Gasteiger partial charge < -0.3 is 9.84 Å². The third-order valence-corrected chi connectivity index (χ3v) is 4.02. The molecule has 0 amide bonds. The number of hydrogen-bond donors (Lipinski definition) is 1. The van der Waals surface area contributed by atoms with E-state index in [0.29, 0.717) is 11.3 Å². The smallest absolute Gasteiger partial charge is 0.335 e. The van der Waals surface area contributed by atoms with Crippen LogP contribution >= 0.6 is 0 Å². The summed E-state index contributed by atoms with van der Waals surface area (Å²) in [6.45, 7) is 1.99. The lowest BCUT2D eigenvalue weighted by Crippen LogP contribution is -2.12. The molecule has 2 aromatic carbocycles. The van der Waals surface area contributed by atoms with Crippen LogP contribution in [0.1, 0.15) is 41.6 Å². The van der Waals surface area contributed by atoms with E-state index in [9.17, 15) is 9.90 Å². The molecule has 0 radical (unpaired) electrons. The highest BCUT2D eigenvalue weighted by Crippen LogP contribution is 2.33. The zero-order valence-corrected chi connectivity index (χ0v) is 11.6. The van der Waals surface area contributed by atoms with Crippen LogP contribution in [0.25, 0.3) is 10.8 Å². The Bertz CT molecular complexity index is 655. The van der Waals surface area contributed by atoms with Crippen molar-refractivity contribution >= 4 is 16.7 Å². The molecular formula is C17H18O3. The Kier molecular flexibility index (Phi) is 3.35. The Balaban J connectivity index is 2.12. The SMILES string of the molecule is Cc1cccc2c(OC3CCCC3)cc(C(=O)O)cc12. The van der Waals surface area contributed by atoms with Crippen molar-refractivity contribution in [2.45, 2.75) is 38.7 Å². The molecule has 3 heteroatoms. The molecule has 1 fully saturated rings. The molecular weight excluding hydrogens is 252 g/mol. The maximum atomic E-state index is 11.3. The standard InChI is InChI=1S/C17H18O3/c1-11-5-4-8-14-15(11)9-12(17(18)19)10-16(14)20-13-6-2-3-7-13/h4-5,8-10,13H,2-3,6-7H2,1H3,(H,18,19). The molecule has 0 heterocycles.